The van der Waals surface area contributed by atoms with Gasteiger partial charge in [0.1, 0.15) is 12.4 Å². The molecular formula is C19H22O6. The Hall–Kier alpha value is -2.78. The lowest BCUT2D eigenvalue weighted by molar-refractivity contribution is 0.0925. The predicted molar refractivity (Wildman–Crippen MR) is 93.6 cm³/mol. The molecule has 0 saturated carbocycles. The zero-order valence-electron chi connectivity index (χ0n) is 15.0. The van der Waals surface area contributed by atoms with Gasteiger partial charge in [-0.3, -0.25) is 0 Å². The zero-order chi connectivity index (χ0) is 18.4. The summed E-state index contributed by atoms with van der Waals surface area (Å²) in [7, 11) is 6.19. The number of rotatable bonds is 8. The van der Waals surface area contributed by atoms with E-state index in [1.165, 1.54) is 7.11 Å². The Balaban J connectivity index is 2.72. The van der Waals surface area contributed by atoms with Gasteiger partial charge in [0.05, 0.1) is 40.1 Å². The number of ether oxygens (including phenoxy) is 5. The molecule has 1 unspecified atom stereocenters. The lowest BCUT2D eigenvalue weighted by Gasteiger charge is -2.21. The minimum atomic E-state index is -0.323. The Bertz CT molecular complexity index is 756. The fraction of sp³-hybridized carbons (Fsp3) is 0.368. The number of hydrogen-bond donors (Lipinski definition) is 0. The predicted octanol–water partition coefficient (Wildman–Crippen LogP) is 3.69. The summed E-state index contributed by atoms with van der Waals surface area (Å²) in [6.07, 6.45) is 4.98. The van der Waals surface area contributed by atoms with Crippen LogP contribution in [0, 0.1) is 12.3 Å². The molecule has 0 radical (unpaired) electrons. The van der Waals surface area contributed by atoms with Crippen molar-refractivity contribution in [2.45, 2.75) is 13.0 Å². The third-order valence-electron chi connectivity index (χ3n) is 3.74. The summed E-state index contributed by atoms with van der Waals surface area (Å²) < 4.78 is 33.1. The van der Waals surface area contributed by atoms with E-state index in [4.69, 9.17) is 34.5 Å². The molecule has 0 aliphatic rings. The van der Waals surface area contributed by atoms with E-state index in [1.54, 1.807) is 33.5 Å². The number of benzene rings is 1. The van der Waals surface area contributed by atoms with Crippen LogP contribution in [-0.2, 0) is 4.74 Å². The maximum atomic E-state index is 5.74. The maximum Gasteiger partial charge on any atom is 0.284 e. The molecule has 25 heavy (non-hydrogen) atoms. The van der Waals surface area contributed by atoms with E-state index in [2.05, 4.69) is 5.92 Å². The highest BCUT2D eigenvalue weighted by atomic mass is 16.6. The van der Waals surface area contributed by atoms with Crippen LogP contribution >= 0.6 is 0 Å². The number of hydrogen-bond acceptors (Lipinski definition) is 6. The van der Waals surface area contributed by atoms with Crippen molar-refractivity contribution in [3.05, 3.63) is 23.8 Å². The highest BCUT2D eigenvalue weighted by Crippen LogP contribution is 2.49. The van der Waals surface area contributed by atoms with Crippen molar-refractivity contribution in [1.82, 2.24) is 0 Å². The SMILES string of the molecule is C#CCOC(C)c1cc(OC)c(OC)c(OC)c1-c1ccc(OC)o1. The van der Waals surface area contributed by atoms with Crippen molar-refractivity contribution < 1.29 is 28.1 Å². The van der Waals surface area contributed by atoms with Crippen LogP contribution in [0.1, 0.15) is 18.6 Å². The molecule has 1 aromatic carbocycles. The van der Waals surface area contributed by atoms with Crippen molar-refractivity contribution >= 4 is 0 Å². The molecule has 0 bridgehead atoms. The summed E-state index contributed by atoms with van der Waals surface area (Å²) in [5.41, 5.74) is 1.48. The Kier molecular flexibility index (Phi) is 6.20. The maximum absolute atomic E-state index is 5.74. The molecule has 0 aliphatic heterocycles. The van der Waals surface area contributed by atoms with E-state index in [0.717, 1.165) is 5.56 Å². The summed E-state index contributed by atoms with van der Waals surface area (Å²) in [4.78, 5) is 0. The van der Waals surface area contributed by atoms with Gasteiger partial charge < -0.3 is 28.1 Å². The molecule has 0 spiro atoms. The summed E-state index contributed by atoms with van der Waals surface area (Å²) in [5.74, 6) is 4.87. The monoisotopic (exact) mass is 346 g/mol. The molecule has 2 rings (SSSR count). The van der Waals surface area contributed by atoms with Crippen molar-refractivity contribution in [2.24, 2.45) is 0 Å². The smallest absolute Gasteiger partial charge is 0.284 e. The first-order chi connectivity index (χ1) is 12.1. The second-order valence-electron chi connectivity index (χ2n) is 5.09. The van der Waals surface area contributed by atoms with Gasteiger partial charge >= 0.3 is 0 Å². The molecule has 0 saturated heterocycles. The second kappa shape index (κ2) is 8.36. The molecule has 0 fully saturated rings. The largest absolute Gasteiger partial charge is 0.493 e. The third-order valence-corrected chi connectivity index (χ3v) is 3.74. The van der Waals surface area contributed by atoms with Crippen LogP contribution in [0.5, 0.6) is 23.2 Å². The van der Waals surface area contributed by atoms with Crippen molar-refractivity contribution in [1.29, 1.82) is 0 Å². The summed E-state index contributed by atoms with van der Waals surface area (Å²) >= 11 is 0. The van der Waals surface area contributed by atoms with Gasteiger partial charge in [-0.05, 0) is 24.6 Å². The quantitative estimate of drug-likeness (QED) is 0.680. The van der Waals surface area contributed by atoms with Gasteiger partial charge in [0.2, 0.25) is 5.75 Å². The van der Waals surface area contributed by atoms with Gasteiger partial charge in [-0.15, -0.1) is 6.42 Å². The van der Waals surface area contributed by atoms with Crippen LogP contribution in [0.2, 0.25) is 0 Å². The Labute approximate surface area is 147 Å². The molecule has 0 amide bonds. The molecule has 6 heteroatoms. The van der Waals surface area contributed by atoms with Crippen molar-refractivity contribution in [3.63, 3.8) is 0 Å². The van der Waals surface area contributed by atoms with Crippen LogP contribution in [0.4, 0.5) is 0 Å². The Morgan fingerprint density at radius 2 is 1.76 bits per heavy atom. The summed E-state index contributed by atoms with van der Waals surface area (Å²) in [5, 5.41) is 0. The molecule has 134 valence electrons. The molecule has 0 aliphatic carbocycles. The van der Waals surface area contributed by atoms with Crippen LogP contribution in [0.15, 0.2) is 22.6 Å². The van der Waals surface area contributed by atoms with Crippen LogP contribution < -0.4 is 18.9 Å². The average Bonchev–Trinajstić information content (AvgIpc) is 3.12. The highest BCUT2D eigenvalue weighted by Gasteiger charge is 2.26. The van der Waals surface area contributed by atoms with E-state index in [9.17, 15) is 0 Å². The summed E-state index contributed by atoms with van der Waals surface area (Å²) in [6, 6.07) is 5.34. The first kappa shape index (κ1) is 18.6. The standard InChI is InChI=1S/C19H22O6/c1-7-10-24-12(2)13-11-15(20-3)18(22-5)19(23-6)17(13)14-8-9-16(21-4)25-14/h1,8-9,11-12H,10H2,2-6H3. The Morgan fingerprint density at radius 1 is 1.04 bits per heavy atom. The van der Waals surface area contributed by atoms with Crippen LogP contribution in [0.3, 0.4) is 0 Å². The fourth-order valence-corrected chi connectivity index (χ4v) is 2.58. The second-order valence-corrected chi connectivity index (χ2v) is 5.09. The highest BCUT2D eigenvalue weighted by molar-refractivity contribution is 5.77. The molecule has 1 aromatic heterocycles. The van der Waals surface area contributed by atoms with Crippen LogP contribution in [0.25, 0.3) is 11.3 Å². The van der Waals surface area contributed by atoms with E-state index >= 15 is 0 Å². The van der Waals surface area contributed by atoms with E-state index < -0.39 is 0 Å². The van der Waals surface area contributed by atoms with E-state index in [-0.39, 0.29) is 12.7 Å². The van der Waals surface area contributed by atoms with Gasteiger partial charge in [-0.2, -0.15) is 0 Å². The molecule has 1 heterocycles. The van der Waals surface area contributed by atoms with E-state index in [1.807, 2.05) is 13.0 Å². The van der Waals surface area contributed by atoms with E-state index in [0.29, 0.717) is 34.5 Å². The number of furan rings is 1. The van der Waals surface area contributed by atoms with Gasteiger partial charge in [0, 0.05) is 6.07 Å². The minimum Gasteiger partial charge on any atom is -0.493 e. The molecule has 0 N–H and O–H groups in total. The van der Waals surface area contributed by atoms with Crippen LogP contribution in [-0.4, -0.2) is 35.0 Å². The van der Waals surface area contributed by atoms with Crippen molar-refractivity contribution in [3.8, 4) is 46.9 Å². The number of terminal acetylenes is 1. The number of methoxy groups -OCH3 is 4. The minimum absolute atomic E-state index is 0.179. The lowest BCUT2D eigenvalue weighted by Crippen LogP contribution is -2.06. The molecule has 1 atom stereocenters. The summed E-state index contributed by atoms with van der Waals surface area (Å²) in [6.45, 7) is 2.07. The first-order valence-corrected chi connectivity index (χ1v) is 7.63. The van der Waals surface area contributed by atoms with Crippen molar-refractivity contribution in [2.75, 3.05) is 35.0 Å². The first-order valence-electron chi connectivity index (χ1n) is 7.63. The topological polar surface area (TPSA) is 59.3 Å². The van der Waals surface area contributed by atoms with Gasteiger partial charge in [0.25, 0.3) is 5.95 Å². The lowest BCUT2D eigenvalue weighted by atomic mass is 9.98. The van der Waals surface area contributed by atoms with Gasteiger partial charge in [0.15, 0.2) is 11.5 Å². The molecular weight excluding hydrogens is 324 g/mol. The normalized spacial score (nSPS) is 11.5. The average molecular weight is 346 g/mol. The van der Waals surface area contributed by atoms with Gasteiger partial charge in [-0.1, -0.05) is 5.92 Å². The fourth-order valence-electron chi connectivity index (χ4n) is 2.58. The zero-order valence-corrected chi connectivity index (χ0v) is 15.0. The van der Waals surface area contributed by atoms with Gasteiger partial charge in [-0.25, -0.2) is 0 Å². The molecule has 2 aromatic rings. The Morgan fingerprint density at radius 3 is 2.28 bits per heavy atom. The third kappa shape index (κ3) is 3.67. The molecule has 6 nitrogen and oxygen atoms in total.